The summed E-state index contributed by atoms with van der Waals surface area (Å²) in [4.78, 5) is 0. The molecule has 0 fully saturated rings. The average molecular weight is 297 g/mol. The Labute approximate surface area is 120 Å². The fraction of sp³-hybridized carbons (Fsp3) is 0.250. The van der Waals surface area contributed by atoms with Crippen molar-refractivity contribution in [1.29, 1.82) is 0 Å². The number of nitrogens with two attached hydrogens (primary N) is 1. The highest BCUT2D eigenvalue weighted by Gasteiger charge is 2.35. The molecular formula is C16H15F4N. The minimum atomic E-state index is -4.70. The predicted molar refractivity (Wildman–Crippen MR) is 73.1 cm³/mol. The van der Waals surface area contributed by atoms with E-state index in [2.05, 4.69) is 0 Å². The predicted octanol–water partition coefficient (Wildman–Crippen LogP) is 4.26. The molecule has 0 saturated heterocycles. The summed E-state index contributed by atoms with van der Waals surface area (Å²) >= 11 is 0. The van der Waals surface area contributed by atoms with Crippen LogP contribution in [0.3, 0.4) is 0 Å². The van der Waals surface area contributed by atoms with E-state index in [1.165, 1.54) is 6.07 Å². The number of hydrogen-bond acceptors (Lipinski definition) is 1. The molecule has 1 nitrogen and oxygen atoms in total. The molecule has 0 bridgehead atoms. The summed E-state index contributed by atoms with van der Waals surface area (Å²) < 4.78 is 51.3. The monoisotopic (exact) mass is 297 g/mol. The van der Waals surface area contributed by atoms with Gasteiger partial charge in [-0.15, -0.1) is 0 Å². The molecular weight excluding hydrogens is 282 g/mol. The van der Waals surface area contributed by atoms with Crippen LogP contribution in [0.5, 0.6) is 0 Å². The summed E-state index contributed by atoms with van der Waals surface area (Å²) in [6.45, 7) is 1.67. The van der Waals surface area contributed by atoms with Gasteiger partial charge in [-0.2, -0.15) is 13.2 Å². The first kappa shape index (κ1) is 15.5. The van der Waals surface area contributed by atoms with E-state index in [9.17, 15) is 17.6 Å². The van der Waals surface area contributed by atoms with E-state index in [4.69, 9.17) is 5.73 Å². The molecule has 2 rings (SSSR count). The van der Waals surface area contributed by atoms with Gasteiger partial charge >= 0.3 is 6.18 Å². The van der Waals surface area contributed by atoms with Crippen molar-refractivity contribution in [2.45, 2.75) is 25.1 Å². The van der Waals surface area contributed by atoms with Crippen LogP contribution < -0.4 is 5.73 Å². The molecule has 2 aromatic carbocycles. The van der Waals surface area contributed by atoms with Gasteiger partial charge in [0.2, 0.25) is 0 Å². The van der Waals surface area contributed by atoms with Crippen molar-refractivity contribution in [1.82, 2.24) is 0 Å². The lowest BCUT2D eigenvalue weighted by Gasteiger charge is -2.26. The number of benzene rings is 2. The summed E-state index contributed by atoms with van der Waals surface area (Å²) in [5, 5.41) is 0. The molecule has 2 aromatic rings. The maximum Gasteiger partial charge on any atom is 0.419 e. The first-order valence-corrected chi connectivity index (χ1v) is 6.40. The molecule has 0 aliphatic carbocycles. The Kier molecular flexibility index (Phi) is 4.05. The molecule has 0 radical (unpaired) electrons. The van der Waals surface area contributed by atoms with Crippen LogP contribution in [0.1, 0.15) is 23.6 Å². The summed E-state index contributed by atoms with van der Waals surface area (Å²) in [6.07, 6.45) is -4.30. The van der Waals surface area contributed by atoms with Crippen molar-refractivity contribution in [3.05, 3.63) is 71.0 Å². The lowest BCUT2D eigenvalue weighted by Crippen LogP contribution is -2.35. The van der Waals surface area contributed by atoms with E-state index >= 15 is 0 Å². The standard InChI is InChI=1S/C16H15F4N/c1-15(21,10-11-5-3-2-4-6-11)12-7-8-13(14(17)9-12)16(18,19)20/h2-9H,10,21H2,1H3. The summed E-state index contributed by atoms with van der Waals surface area (Å²) in [6, 6.07) is 12.1. The van der Waals surface area contributed by atoms with Crippen LogP contribution in [-0.2, 0) is 18.1 Å². The van der Waals surface area contributed by atoms with Crippen molar-refractivity contribution in [2.75, 3.05) is 0 Å². The van der Waals surface area contributed by atoms with Crippen molar-refractivity contribution in [2.24, 2.45) is 5.73 Å². The van der Waals surface area contributed by atoms with Gasteiger partial charge in [0.15, 0.2) is 0 Å². The van der Waals surface area contributed by atoms with Gasteiger partial charge in [0, 0.05) is 5.54 Å². The van der Waals surface area contributed by atoms with E-state index < -0.39 is 23.1 Å². The number of hydrogen-bond donors (Lipinski definition) is 1. The van der Waals surface area contributed by atoms with E-state index in [1.807, 2.05) is 30.3 Å². The molecule has 112 valence electrons. The van der Waals surface area contributed by atoms with Crippen LogP contribution in [0.25, 0.3) is 0 Å². The van der Waals surface area contributed by atoms with Crippen LogP contribution in [0.15, 0.2) is 48.5 Å². The third-order valence-electron chi connectivity index (χ3n) is 3.35. The average Bonchev–Trinajstić information content (AvgIpc) is 2.37. The zero-order valence-corrected chi connectivity index (χ0v) is 11.4. The molecule has 0 heterocycles. The maximum absolute atomic E-state index is 13.6. The van der Waals surface area contributed by atoms with Gasteiger partial charge in [-0.05, 0) is 36.6 Å². The van der Waals surface area contributed by atoms with Crippen LogP contribution >= 0.6 is 0 Å². The van der Waals surface area contributed by atoms with Gasteiger partial charge in [0.25, 0.3) is 0 Å². The summed E-state index contributed by atoms with van der Waals surface area (Å²) in [5.41, 5.74) is 5.19. The second-order valence-electron chi connectivity index (χ2n) is 5.27. The van der Waals surface area contributed by atoms with E-state index in [-0.39, 0.29) is 0 Å². The second-order valence-corrected chi connectivity index (χ2v) is 5.27. The maximum atomic E-state index is 13.6. The normalized spacial score (nSPS) is 14.8. The van der Waals surface area contributed by atoms with Crippen LogP contribution in [0.4, 0.5) is 17.6 Å². The highest BCUT2D eigenvalue weighted by Crippen LogP contribution is 2.33. The molecule has 5 heteroatoms. The number of halogens is 4. The highest BCUT2D eigenvalue weighted by molar-refractivity contribution is 5.32. The Morgan fingerprint density at radius 1 is 1.00 bits per heavy atom. The Balaban J connectivity index is 2.31. The lowest BCUT2D eigenvalue weighted by atomic mass is 9.86. The third kappa shape index (κ3) is 3.61. The Morgan fingerprint density at radius 3 is 2.14 bits per heavy atom. The molecule has 2 N–H and O–H groups in total. The molecule has 1 atom stereocenters. The van der Waals surface area contributed by atoms with Crippen molar-refractivity contribution in [3.8, 4) is 0 Å². The SMILES string of the molecule is CC(N)(Cc1ccccc1)c1ccc(C(F)(F)F)c(F)c1. The van der Waals surface area contributed by atoms with Gasteiger partial charge in [0.1, 0.15) is 5.82 Å². The number of rotatable bonds is 3. The van der Waals surface area contributed by atoms with Crippen molar-refractivity contribution < 1.29 is 17.6 Å². The molecule has 0 aliphatic heterocycles. The van der Waals surface area contributed by atoms with Crippen LogP contribution in [-0.4, -0.2) is 0 Å². The largest absolute Gasteiger partial charge is 0.419 e. The van der Waals surface area contributed by atoms with Crippen molar-refractivity contribution >= 4 is 0 Å². The third-order valence-corrected chi connectivity index (χ3v) is 3.35. The molecule has 0 saturated carbocycles. The van der Waals surface area contributed by atoms with Gasteiger partial charge < -0.3 is 5.73 Å². The lowest BCUT2D eigenvalue weighted by molar-refractivity contribution is -0.140. The van der Waals surface area contributed by atoms with E-state index in [0.717, 1.165) is 17.7 Å². The first-order chi connectivity index (χ1) is 9.70. The molecule has 0 aromatic heterocycles. The summed E-state index contributed by atoms with van der Waals surface area (Å²) in [5.74, 6) is -1.30. The molecule has 0 amide bonds. The minimum absolute atomic E-state index is 0.330. The van der Waals surface area contributed by atoms with Crippen molar-refractivity contribution in [3.63, 3.8) is 0 Å². The fourth-order valence-corrected chi connectivity index (χ4v) is 2.22. The summed E-state index contributed by atoms with van der Waals surface area (Å²) in [7, 11) is 0. The van der Waals surface area contributed by atoms with E-state index in [0.29, 0.717) is 12.0 Å². The minimum Gasteiger partial charge on any atom is -0.321 e. The van der Waals surface area contributed by atoms with Crippen LogP contribution in [0.2, 0.25) is 0 Å². The van der Waals surface area contributed by atoms with Gasteiger partial charge in [0.05, 0.1) is 5.56 Å². The Hall–Kier alpha value is -1.88. The quantitative estimate of drug-likeness (QED) is 0.842. The second kappa shape index (κ2) is 5.48. The smallest absolute Gasteiger partial charge is 0.321 e. The molecule has 0 aliphatic rings. The molecule has 0 spiro atoms. The Bertz CT molecular complexity index is 618. The zero-order chi connectivity index (χ0) is 15.7. The topological polar surface area (TPSA) is 26.0 Å². The van der Waals surface area contributed by atoms with Gasteiger partial charge in [-0.1, -0.05) is 36.4 Å². The van der Waals surface area contributed by atoms with E-state index in [1.54, 1.807) is 6.92 Å². The van der Waals surface area contributed by atoms with Crippen LogP contribution in [0, 0.1) is 5.82 Å². The molecule has 1 unspecified atom stereocenters. The van der Waals surface area contributed by atoms with Gasteiger partial charge in [-0.3, -0.25) is 0 Å². The fourth-order valence-electron chi connectivity index (χ4n) is 2.22. The number of alkyl halides is 3. The molecule has 21 heavy (non-hydrogen) atoms. The zero-order valence-electron chi connectivity index (χ0n) is 11.4. The Morgan fingerprint density at radius 2 is 1.62 bits per heavy atom. The highest BCUT2D eigenvalue weighted by atomic mass is 19.4. The first-order valence-electron chi connectivity index (χ1n) is 6.40. The van der Waals surface area contributed by atoms with Gasteiger partial charge in [-0.25, -0.2) is 4.39 Å².